The van der Waals surface area contributed by atoms with Crippen LogP contribution in [0, 0.1) is 12.7 Å². The Hall–Kier alpha value is -2.01. The SMILES string of the molecule is Cc1ccc(C(=O)Nc2ccc(F)c(Cl)c2)nn1. The van der Waals surface area contributed by atoms with E-state index < -0.39 is 11.7 Å². The van der Waals surface area contributed by atoms with Crippen LogP contribution in [0.1, 0.15) is 16.2 Å². The Labute approximate surface area is 108 Å². The maximum Gasteiger partial charge on any atom is 0.276 e. The van der Waals surface area contributed by atoms with Crippen LogP contribution in [0.4, 0.5) is 10.1 Å². The van der Waals surface area contributed by atoms with Crippen LogP contribution in [-0.2, 0) is 0 Å². The van der Waals surface area contributed by atoms with E-state index >= 15 is 0 Å². The van der Waals surface area contributed by atoms with Gasteiger partial charge >= 0.3 is 0 Å². The summed E-state index contributed by atoms with van der Waals surface area (Å²) in [5, 5.41) is 10.0. The number of aryl methyl sites for hydroxylation is 1. The molecule has 0 spiro atoms. The lowest BCUT2D eigenvalue weighted by Gasteiger charge is -2.05. The standard InChI is InChI=1S/C12H9ClFN3O/c1-7-2-5-11(17-16-7)12(18)15-8-3-4-10(14)9(13)6-8/h2-6H,1H3,(H,15,18). The number of carbonyl (C=O) groups excluding carboxylic acids is 1. The van der Waals surface area contributed by atoms with Gasteiger partial charge in [0.05, 0.1) is 10.7 Å². The summed E-state index contributed by atoms with van der Waals surface area (Å²) < 4.78 is 12.9. The largest absolute Gasteiger partial charge is 0.321 e. The Morgan fingerprint density at radius 3 is 2.67 bits per heavy atom. The van der Waals surface area contributed by atoms with E-state index in [2.05, 4.69) is 15.5 Å². The van der Waals surface area contributed by atoms with Crippen LogP contribution in [0.2, 0.25) is 5.02 Å². The van der Waals surface area contributed by atoms with E-state index in [1.165, 1.54) is 18.2 Å². The predicted octanol–water partition coefficient (Wildman–Crippen LogP) is 2.83. The highest BCUT2D eigenvalue weighted by Gasteiger charge is 2.09. The predicted molar refractivity (Wildman–Crippen MR) is 66.1 cm³/mol. The minimum absolute atomic E-state index is 0.0530. The molecule has 92 valence electrons. The number of nitrogens with one attached hydrogen (secondary N) is 1. The zero-order valence-electron chi connectivity index (χ0n) is 9.45. The van der Waals surface area contributed by atoms with Gasteiger partial charge in [0, 0.05) is 5.69 Å². The van der Waals surface area contributed by atoms with Gasteiger partial charge < -0.3 is 5.32 Å². The van der Waals surface area contributed by atoms with Gasteiger partial charge in [0.2, 0.25) is 0 Å². The molecule has 0 saturated heterocycles. The minimum Gasteiger partial charge on any atom is -0.321 e. The first-order valence-electron chi connectivity index (χ1n) is 5.13. The molecular weight excluding hydrogens is 257 g/mol. The van der Waals surface area contributed by atoms with Gasteiger partial charge in [0.15, 0.2) is 5.69 Å². The smallest absolute Gasteiger partial charge is 0.276 e. The zero-order valence-corrected chi connectivity index (χ0v) is 10.2. The van der Waals surface area contributed by atoms with Gasteiger partial charge in [-0.2, -0.15) is 5.10 Å². The summed E-state index contributed by atoms with van der Waals surface area (Å²) in [5.74, 6) is -0.963. The summed E-state index contributed by atoms with van der Waals surface area (Å²) in [5.41, 5.74) is 1.30. The molecule has 0 radical (unpaired) electrons. The van der Waals surface area contributed by atoms with Crippen molar-refractivity contribution in [1.82, 2.24) is 10.2 Å². The van der Waals surface area contributed by atoms with Crippen LogP contribution in [-0.4, -0.2) is 16.1 Å². The summed E-state index contributed by atoms with van der Waals surface area (Å²) in [7, 11) is 0. The number of hydrogen-bond acceptors (Lipinski definition) is 3. The quantitative estimate of drug-likeness (QED) is 0.908. The molecule has 1 heterocycles. The van der Waals surface area contributed by atoms with Crippen LogP contribution < -0.4 is 5.32 Å². The molecule has 2 rings (SSSR count). The van der Waals surface area contributed by atoms with E-state index in [1.54, 1.807) is 19.1 Å². The average molecular weight is 266 g/mol. The van der Waals surface area contributed by atoms with Gasteiger partial charge in [0.25, 0.3) is 5.91 Å². The van der Waals surface area contributed by atoms with Crippen LogP contribution in [0.25, 0.3) is 0 Å². The highest BCUT2D eigenvalue weighted by Crippen LogP contribution is 2.19. The Kier molecular flexibility index (Phi) is 3.53. The number of aromatic nitrogens is 2. The van der Waals surface area contributed by atoms with E-state index in [9.17, 15) is 9.18 Å². The van der Waals surface area contributed by atoms with Crippen molar-refractivity contribution in [3.05, 3.63) is 52.6 Å². The maximum absolute atomic E-state index is 12.9. The number of halogens is 2. The van der Waals surface area contributed by atoms with Crippen LogP contribution in [0.5, 0.6) is 0 Å². The third-order valence-electron chi connectivity index (χ3n) is 2.21. The lowest BCUT2D eigenvalue weighted by Crippen LogP contribution is -2.14. The van der Waals surface area contributed by atoms with E-state index in [4.69, 9.17) is 11.6 Å². The van der Waals surface area contributed by atoms with Gasteiger partial charge in [-0.3, -0.25) is 4.79 Å². The first kappa shape index (κ1) is 12.4. The van der Waals surface area contributed by atoms with Crippen molar-refractivity contribution >= 4 is 23.2 Å². The third kappa shape index (κ3) is 2.81. The third-order valence-corrected chi connectivity index (χ3v) is 2.50. The van der Waals surface area contributed by atoms with Crippen LogP contribution in [0.3, 0.4) is 0 Å². The van der Waals surface area contributed by atoms with Gasteiger partial charge in [-0.05, 0) is 37.3 Å². The summed E-state index contributed by atoms with van der Waals surface area (Å²) in [6.45, 7) is 1.77. The summed E-state index contributed by atoms with van der Waals surface area (Å²) in [4.78, 5) is 11.8. The molecule has 0 saturated carbocycles. The molecule has 0 unspecified atom stereocenters. The van der Waals surface area contributed by atoms with Crippen molar-refractivity contribution < 1.29 is 9.18 Å². The molecule has 6 heteroatoms. The van der Waals surface area contributed by atoms with Crippen LogP contribution in [0.15, 0.2) is 30.3 Å². The topological polar surface area (TPSA) is 54.9 Å². The number of nitrogens with zero attached hydrogens (tertiary/aromatic N) is 2. The van der Waals surface area contributed by atoms with Crippen molar-refractivity contribution in [1.29, 1.82) is 0 Å². The Balaban J connectivity index is 2.16. The van der Waals surface area contributed by atoms with Gasteiger partial charge in [0.1, 0.15) is 5.82 Å². The average Bonchev–Trinajstić information content (AvgIpc) is 2.34. The zero-order chi connectivity index (χ0) is 13.1. The molecule has 0 fully saturated rings. The molecule has 2 aromatic rings. The molecule has 18 heavy (non-hydrogen) atoms. The second-order valence-corrected chi connectivity index (χ2v) is 4.05. The maximum atomic E-state index is 12.9. The Morgan fingerprint density at radius 1 is 1.28 bits per heavy atom. The molecule has 0 aliphatic carbocycles. The summed E-state index contributed by atoms with van der Waals surface area (Å²) in [6.07, 6.45) is 0. The molecule has 0 aliphatic rings. The number of rotatable bonds is 2. The van der Waals surface area contributed by atoms with Crippen molar-refractivity contribution in [3.63, 3.8) is 0 Å². The fourth-order valence-corrected chi connectivity index (χ4v) is 1.47. The number of benzene rings is 1. The van der Waals surface area contributed by atoms with E-state index in [0.717, 1.165) is 5.69 Å². The molecule has 0 aliphatic heterocycles. The lowest BCUT2D eigenvalue weighted by molar-refractivity contribution is 0.102. The number of amides is 1. The van der Waals surface area contributed by atoms with Crippen LogP contribution >= 0.6 is 11.6 Å². The van der Waals surface area contributed by atoms with Crippen molar-refractivity contribution in [2.75, 3.05) is 5.32 Å². The second kappa shape index (κ2) is 5.10. The van der Waals surface area contributed by atoms with Gasteiger partial charge in [-0.25, -0.2) is 4.39 Å². The number of carbonyl (C=O) groups is 1. The molecule has 0 bridgehead atoms. The Bertz CT molecular complexity index is 586. The molecule has 1 aromatic carbocycles. The normalized spacial score (nSPS) is 10.2. The molecule has 0 atom stereocenters. The van der Waals surface area contributed by atoms with E-state index in [1.807, 2.05) is 0 Å². The first-order chi connectivity index (χ1) is 8.56. The first-order valence-corrected chi connectivity index (χ1v) is 5.51. The van der Waals surface area contributed by atoms with Crippen molar-refractivity contribution in [2.45, 2.75) is 6.92 Å². The lowest BCUT2D eigenvalue weighted by atomic mass is 10.3. The molecular formula is C12H9ClFN3O. The fraction of sp³-hybridized carbons (Fsp3) is 0.0833. The van der Waals surface area contributed by atoms with E-state index in [-0.39, 0.29) is 10.7 Å². The highest BCUT2D eigenvalue weighted by molar-refractivity contribution is 6.31. The molecule has 1 amide bonds. The minimum atomic E-state index is -0.537. The van der Waals surface area contributed by atoms with E-state index in [0.29, 0.717) is 5.69 Å². The molecule has 1 aromatic heterocycles. The van der Waals surface area contributed by atoms with Gasteiger partial charge in [-0.15, -0.1) is 5.10 Å². The highest BCUT2D eigenvalue weighted by atomic mass is 35.5. The molecule has 4 nitrogen and oxygen atoms in total. The monoisotopic (exact) mass is 265 g/mol. The number of anilines is 1. The Morgan fingerprint density at radius 2 is 2.06 bits per heavy atom. The fourth-order valence-electron chi connectivity index (χ4n) is 1.29. The van der Waals surface area contributed by atoms with Crippen molar-refractivity contribution in [3.8, 4) is 0 Å². The summed E-state index contributed by atoms with van der Waals surface area (Å²) >= 11 is 5.61. The summed E-state index contributed by atoms with van der Waals surface area (Å²) in [6, 6.07) is 7.16. The second-order valence-electron chi connectivity index (χ2n) is 3.64. The number of hydrogen-bond donors (Lipinski definition) is 1. The van der Waals surface area contributed by atoms with Crippen molar-refractivity contribution in [2.24, 2.45) is 0 Å². The molecule has 1 N–H and O–H groups in total. The van der Waals surface area contributed by atoms with Gasteiger partial charge in [-0.1, -0.05) is 11.6 Å².